The van der Waals surface area contributed by atoms with Gasteiger partial charge in [-0.05, 0) is 18.9 Å². The molecule has 2 fully saturated rings. The Balaban J connectivity index is 1.92. The molecule has 1 aromatic rings. The highest BCUT2D eigenvalue weighted by atomic mass is 19.1. The quantitative estimate of drug-likeness (QED) is 0.500. The molecule has 1 aliphatic carbocycles. The summed E-state index contributed by atoms with van der Waals surface area (Å²) in [7, 11) is 0. The Morgan fingerprint density at radius 1 is 1.35 bits per heavy atom. The fourth-order valence-electron chi connectivity index (χ4n) is 2.61. The van der Waals surface area contributed by atoms with Crippen LogP contribution in [0.2, 0.25) is 0 Å². The summed E-state index contributed by atoms with van der Waals surface area (Å²) in [5.41, 5.74) is -0.819. The zero-order valence-electron chi connectivity index (χ0n) is 11.8. The van der Waals surface area contributed by atoms with Gasteiger partial charge in [-0.2, -0.15) is 0 Å². The number of nitrogens with zero attached hydrogens (tertiary/aromatic N) is 2. The predicted molar refractivity (Wildman–Crippen MR) is 73.8 cm³/mol. The van der Waals surface area contributed by atoms with E-state index < -0.39 is 40.2 Å². The number of carbonyl (C=O) groups excluding carboxylic acids is 3. The van der Waals surface area contributed by atoms with Gasteiger partial charge in [0.15, 0.2) is 0 Å². The molecule has 0 radical (unpaired) electrons. The first-order valence-corrected chi connectivity index (χ1v) is 6.99. The molecular weight excluding hydrogens is 309 g/mol. The zero-order chi connectivity index (χ0) is 16.7. The summed E-state index contributed by atoms with van der Waals surface area (Å²) in [4.78, 5) is 46.8. The van der Waals surface area contributed by atoms with E-state index >= 15 is 0 Å². The van der Waals surface area contributed by atoms with E-state index in [4.69, 9.17) is 0 Å². The van der Waals surface area contributed by atoms with E-state index in [9.17, 15) is 28.9 Å². The molecule has 1 heterocycles. The molecule has 1 aliphatic heterocycles. The molecule has 120 valence electrons. The van der Waals surface area contributed by atoms with Crippen molar-refractivity contribution in [2.45, 2.75) is 31.3 Å². The van der Waals surface area contributed by atoms with Crippen LogP contribution < -0.4 is 5.32 Å². The van der Waals surface area contributed by atoms with Gasteiger partial charge in [0.2, 0.25) is 11.8 Å². The third kappa shape index (κ3) is 2.77. The number of imide groups is 1. The Morgan fingerprint density at radius 3 is 2.52 bits per heavy atom. The molecule has 9 heteroatoms. The molecule has 3 rings (SSSR count). The summed E-state index contributed by atoms with van der Waals surface area (Å²) in [5.74, 6) is -2.84. The number of rotatable bonds is 4. The van der Waals surface area contributed by atoms with Crippen LogP contribution in [0.5, 0.6) is 0 Å². The largest absolute Gasteiger partial charge is 0.323 e. The molecule has 0 aromatic heterocycles. The van der Waals surface area contributed by atoms with E-state index in [1.165, 1.54) is 4.90 Å². The highest BCUT2D eigenvalue weighted by molar-refractivity contribution is 6.08. The van der Waals surface area contributed by atoms with Gasteiger partial charge in [-0.1, -0.05) is 0 Å². The average Bonchev–Trinajstić information content (AvgIpc) is 3.25. The molecular formula is C14H12FN3O5. The first kappa shape index (κ1) is 15.1. The second kappa shape index (κ2) is 5.41. The van der Waals surface area contributed by atoms with Gasteiger partial charge < -0.3 is 4.90 Å². The van der Waals surface area contributed by atoms with Crippen molar-refractivity contribution in [2.24, 2.45) is 0 Å². The lowest BCUT2D eigenvalue weighted by Gasteiger charge is -2.26. The summed E-state index contributed by atoms with van der Waals surface area (Å²) in [6.07, 6.45) is 1.17. The van der Waals surface area contributed by atoms with Gasteiger partial charge in [-0.15, -0.1) is 0 Å². The number of amides is 3. The predicted octanol–water partition coefficient (Wildman–Crippen LogP) is 0.754. The SMILES string of the molecule is O=C1C[C@H](N(C(=O)c2ccc([N+](=O)[O-])cc2F)C2CC2)C(=O)N1. The molecule has 1 atom stereocenters. The van der Waals surface area contributed by atoms with Crippen LogP contribution in [0.25, 0.3) is 0 Å². The highest BCUT2D eigenvalue weighted by Gasteiger charge is 2.45. The van der Waals surface area contributed by atoms with Crippen LogP contribution in [0.3, 0.4) is 0 Å². The van der Waals surface area contributed by atoms with E-state index in [2.05, 4.69) is 5.32 Å². The van der Waals surface area contributed by atoms with Gasteiger partial charge in [-0.3, -0.25) is 29.8 Å². The van der Waals surface area contributed by atoms with Crippen molar-refractivity contribution in [3.63, 3.8) is 0 Å². The van der Waals surface area contributed by atoms with Crippen LogP contribution >= 0.6 is 0 Å². The van der Waals surface area contributed by atoms with E-state index in [1.54, 1.807) is 0 Å². The lowest BCUT2D eigenvalue weighted by molar-refractivity contribution is -0.385. The van der Waals surface area contributed by atoms with Crippen LogP contribution in [-0.2, 0) is 9.59 Å². The maximum absolute atomic E-state index is 14.0. The van der Waals surface area contributed by atoms with Gasteiger partial charge >= 0.3 is 0 Å². The van der Waals surface area contributed by atoms with E-state index in [0.717, 1.165) is 12.1 Å². The summed E-state index contributed by atoms with van der Waals surface area (Å²) in [5, 5.41) is 12.7. The van der Waals surface area contributed by atoms with Gasteiger partial charge in [0.1, 0.15) is 11.9 Å². The van der Waals surface area contributed by atoms with Crippen molar-refractivity contribution in [3.05, 3.63) is 39.7 Å². The average molecular weight is 321 g/mol. The van der Waals surface area contributed by atoms with Crippen LogP contribution in [0.1, 0.15) is 29.6 Å². The minimum Gasteiger partial charge on any atom is -0.323 e. The van der Waals surface area contributed by atoms with Crippen LogP contribution in [0.15, 0.2) is 18.2 Å². The van der Waals surface area contributed by atoms with Gasteiger partial charge in [-0.25, -0.2) is 4.39 Å². The van der Waals surface area contributed by atoms with Gasteiger partial charge in [0, 0.05) is 12.1 Å². The van der Waals surface area contributed by atoms with Crippen LogP contribution in [0, 0.1) is 15.9 Å². The fourth-order valence-corrected chi connectivity index (χ4v) is 2.61. The smallest absolute Gasteiger partial charge is 0.272 e. The van der Waals surface area contributed by atoms with E-state index in [0.29, 0.717) is 18.9 Å². The summed E-state index contributed by atoms with van der Waals surface area (Å²) in [6, 6.07) is 1.54. The van der Waals surface area contributed by atoms with Crippen molar-refractivity contribution in [1.29, 1.82) is 0 Å². The number of nitrogens with one attached hydrogen (secondary N) is 1. The number of hydrogen-bond donors (Lipinski definition) is 1. The second-order valence-electron chi connectivity index (χ2n) is 5.50. The molecule has 1 aromatic carbocycles. The molecule has 0 unspecified atom stereocenters. The first-order chi connectivity index (χ1) is 10.9. The molecule has 23 heavy (non-hydrogen) atoms. The number of halogens is 1. The molecule has 8 nitrogen and oxygen atoms in total. The molecule has 2 aliphatic rings. The second-order valence-corrected chi connectivity index (χ2v) is 5.50. The molecule has 1 saturated heterocycles. The maximum Gasteiger partial charge on any atom is 0.272 e. The van der Waals surface area contributed by atoms with Crippen molar-refractivity contribution >= 4 is 23.4 Å². The summed E-state index contributed by atoms with van der Waals surface area (Å²) in [6.45, 7) is 0. The maximum atomic E-state index is 14.0. The normalized spacial score (nSPS) is 20.3. The monoisotopic (exact) mass is 321 g/mol. The number of benzene rings is 1. The van der Waals surface area contributed by atoms with E-state index in [1.807, 2.05) is 0 Å². The van der Waals surface area contributed by atoms with Crippen LogP contribution in [0.4, 0.5) is 10.1 Å². The Bertz CT molecular complexity index is 731. The van der Waals surface area contributed by atoms with Crippen molar-refractivity contribution in [3.8, 4) is 0 Å². The molecule has 0 bridgehead atoms. The third-order valence-corrected chi connectivity index (χ3v) is 3.85. The highest BCUT2D eigenvalue weighted by Crippen LogP contribution is 2.33. The zero-order valence-corrected chi connectivity index (χ0v) is 11.8. The Labute approximate surface area is 129 Å². The van der Waals surface area contributed by atoms with Crippen molar-refractivity contribution in [2.75, 3.05) is 0 Å². The minimum absolute atomic E-state index is 0.157. The first-order valence-electron chi connectivity index (χ1n) is 6.99. The summed E-state index contributed by atoms with van der Waals surface area (Å²) >= 11 is 0. The van der Waals surface area contributed by atoms with Crippen molar-refractivity contribution in [1.82, 2.24) is 10.2 Å². The lowest BCUT2D eigenvalue weighted by Crippen LogP contribution is -2.46. The standard InChI is InChI=1S/C14H12FN3O5/c15-10-5-8(18(22)23)3-4-9(10)14(21)17(7-1-2-7)11-6-12(19)16-13(11)20/h3-5,7,11H,1-2,6H2,(H,16,19,20)/t11-/m0/s1. The Morgan fingerprint density at radius 2 is 2.04 bits per heavy atom. The minimum atomic E-state index is -1.03. The molecule has 0 spiro atoms. The van der Waals surface area contributed by atoms with Gasteiger partial charge in [0.05, 0.1) is 23.0 Å². The number of hydrogen-bond acceptors (Lipinski definition) is 5. The summed E-state index contributed by atoms with van der Waals surface area (Å²) < 4.78 is 14.0. The lowest BCUT2D eigenvalue weighted by atomic mass is 10.1. The number of nitro groups is 1. The van der Waals surface area contributed by atoms with Crippen LogP contribution in [-0.4, -0.2) is 39.6 Å². The fraction of sp³-hybridized carbons (Fsp3) is 0.357. The third-order valence-electron chi connectivity index (χ3n) is 3.85. The Kier molecular flexibility index (Phi) is 3.55. The van der Waals surface area contributed by atoms with Crippen molar-refractivity contribution < 1.29 is 23.7 Å². The Hall–Kier alpha value is -2.84. The number of carbonyl (C=O) groups is 3. The molecule has 3 amide bonds. The topological polar surface area (TPSA) is 110 Å². The van der Waals surface area contributed by atoms with E-state index in [-0.39, 0.29) is 18.0 Å². The molecule has 1 N–H and O–H groups in total. The van der Waals surface area contributed by atoms with Gasteiger partial charge in [0.25, 0.3) is 11.6 Å². The number of nitro benzene ring substituents is 1. The molecule has 1 saturated carbocycles. The number of non-ortho nitro benzene ring substituents is 1.